The molecule has 0 unspecified atom stereocenters. The van der Waals surface area contributed by atoms with Gasteiger partial charge in [-0.05, 0) is 40.6 Å². The van der Waals surface area contributed by atoms with Gasteiger partial charge in [0.25, 0.3) is 0 Å². The van der Waals surface area contributed by atoms with Crippen LogP contribution in [0.25, 0.3) is 60.4 Å². The summed E-state index contributed by atoms with van der Waals surface area (Å²) in [6, 6.07) is 48.0. The second-order valence-corrected chi connectivity index (χ2v) is 9.72. The van der Waals surface area contributed by atoms with E-state index in [4.69, 9.17) is 9.72 Å². The predicted molar refractivity (Wildman–Crippen MR) is 161 cm³/mol. The van der Waals surface area contributed by atoms with E-state index in [0.29, 0.717) is 11.6 Å². The Labute approximate surface area is 251 Å². The van der Waals surface area contributed by atoms with E-state index in [0.717, 1.165) is 55.0 Å². The summed E-state index contributed by atoms with van der Waals surface area (Å²) in [6.45, 7) is 0. The van der Waals surface area contributed by atoms with Gasteiger partial charge in [-0.1, -0.05) is 66.0 Å². The Morgan fingerprint density at radius 3 is 2.29 bits per heavy atom. The Bertz CT molecular complexity index is 2210. The first-order valence-electron chi connectivity index (χ1n) is 13.2. The van der Waals surface area contributed by atoms with Crippen LogP contribution in [0.3, 0.4) is 0 Å². The van der Waals surface area contributed by atoms with E-state index in [1.54, 1.807) is 0 Å². The van der Waals surface area contributed by atoms with Gasteiger partial charge < -0.3 is 9.30 Å². The quantitative estimate of drug-likeness (QED) is 0.172. The van der Waals surface area contributed by atoms with Gasteiger partial charge in [0.05, 0.1) is 5.52 Å². The fourth-order valence-corrected chi connectivity index (χ4v) is 5.43. The van der Waals surface area contributed by atoms with Gasteiger partial charge in [0.2, 0.25) is 5.88 Å². The third kappa shape index (κ3) is 4.37. The van der Waals surface area contributed by atoms with Crippen LogP contribution in [0.5, 0.6) is 11.6 Å². The van der Waals surface area contributed by atoms with E-state index in [9.17, 15) is 0 Å². The number of aromatic nitrogens is 3. The van der Waals surface area contributed by atoms with Gasteiger partial charge in [-0.25, -0.2) is 21.1 Å². The van der Waals surface area contributed by atoms with Gasteiger partial charge in [0.1, 0.15) is 5.82 Å². The van der Waals surface area contributed by atoms with Gasteiger partial charge in [-0.15, -0.1) is 18.2 Å². The average Bonchev–Trinajstić information content (AvgIpc) is 3.34. The largest absolute Gasteiger partial charge is 2.00 e. The molecule has 3 aromatic heterocycles. The average molecular weight is 707 g/mol. The van der Waals surface area contributed by atoms with Crippen molar-refractivity contribution in [1.82, 2.24) is 14.5 Å². The molecule has 0 aliphatic rings. The summed E-state index contributed by atoms with van der Waals surface area (Å²) in [4.78, 5) is 9.49. The SMILES string of the molecule is [Pt+2].[c-]1c(Oc2ccc3ccccc3n2)cccc1-c1[c-]c2c(cc1)c1ccccc1n2-c1nccc2ccccc12. The molecule has 0 fully saturated rings. The first kappa shape index (κ1) is 25.2. The maximum Gasteiger partial charge on any atom is 2.00 e. The minimum atomic E-state index is 0. The molecule has 0 atom stereocenters. The van der Waals surface area contributed by atoms with Crippen LogP contribution < -0.4 is 4.74 Å². The second-order valence-electron chi connectivity index (χ2n) is 9.72. The molecular weight excluding hydrogens is 685 g/mol. The van der Waals surface area contributed by atoms with Crippen LogP contribution in [-0.2, 0) is 21.1 Å². The minimum Gasteiger partial charge on any atom is -0.460 e. The van der Waals surface area contributed by atoms with Crippen LogP contribution in [0.1, 0.15) is 0 Å². The zero-order chi connectivity index (χ0) is 26.5. The molecule has 5 heteroatoms. The van der Waals surface area contributed by atoms with E-state index in [-0.39, 0.29) is 21.1 Å². The summed E-state index contributed by atoms with van der Waals surface area (Å²) < 4.78 is 8.35. The molecule has 3 heterocycles. The minimum absolute atomic E-state index is 0. The maximum atomic E-state index is 6.13. The van der Waals surface area contributed by atoms with Crippen LogP contribution in [0.2, 0.25) is 0 Å². The van der Waals surface area contributed by atoms with E-state index in [1.165, 1.54) is 5.39 Å². The summed E-state index contributed by atoms with van der Waals surface area (Å²) in [7, 11) is 0. The fraction of sp³-hybridized carbons (Fsp3) is 0. The number of hydrogen-bond donors (Lipinski definition) is 0. The summed E-state index contributed by atoms with van der Waals surface area (Å²) in [5.41, 5.74) is 4.78. The van der Waals surface area contributed by atoms with E-state index in [1.807, 2.05) is 66.9 Å². The van der Waals surface area contributed by atoms with Crippen LogP contribution in [0, 0.1) is 12.1 Å². The molecular formula is C36H21N3OPt. The van der Waals surface area contributed by atoms with Crippen molar-refractivity contribution < 1.29 is 25.8 Å². The predicted octanol–water partition coefficient (Wildman–Crippen LogP) is 8.94. The molecule has 8 rings (SSSR count). The Morgan fingerprint density at radius 1 is 0.585 bits per heavy atom. The molecule has 0 aliphatic carbocycles. The molecule has 8 aromatic rings. The molecule has 0 saturated carbocycles. The van der Waals surface area contributed by atoms with Gasteiger partial charge in [0.15, 0.2) is 0 Å². The monoisotopic (exact) mass is 706 g/mol. The molecule has 196 valence electrons. The maximum absolute atomic E-state index is 6.13. The van der Waals surface area contributed by atoms with Gasteiger partial charge >= 0.3 is 21.1 Å². The van der Waals surface area contributed by atoms with Crippen molar-refractivity contribution in [2.75, 3.05) is 0 Å². The Hall–Kier alpha value is -4.79. The number of pyridine rings is 2. The number of nitrogens with zero attached hydrogens (tertiary/aromatic N) is 3. The summed E-state index contributed by atoms with van der Waals surface area (Å²) >= 11 is 0. The number of benzene rings is 5. The molecule has 0 radical (unpaired) electrons. The van der Waals surface area contributed by atoms with Gasteiger partial charge in [-0.2, -0.15) is 24.3 Å². The standard InChI is InChI=1S/C36H21N3O.Pt/c1-3-12-29-24(8-1)20-21-37-36(29)39-33-15-6-4-13-30(33)31-18-16-27(23-34(31)39)26-10-7-11-28(22-26)40-35-19-17-25-9-2-5-14-32(25)38-35;/h1-21H;/q-2;+2. The van der Waals surface area contributed by atoms with Crippen LogP contribution in [0.15, 0.2) is 128 Å². The van der Waals surface area contributed by atoms with Crippen molar-refractivity contribution >= 4 is 43.5 Å². The summed E-state index contributed by atoms with van der Waals surface area (Å²) in [6.07, 6.45) is 1.87. The topological polar surface area (TPSA) is 39.9 Å². The molecule has 0 saturated heterocycles. The first-order valence-corrected chi connectivity index (χ1v) is 13.2. The number of fused-ring (bicyclic) bond motifs is 5. The van der Waals surface area contributed by atoms with E-state index < -0.39 is 0 Å². The van der Waals surface area contributed by atoms with Crippen molar-refractivity contribution in [3.8, 4) is 28.6 Å². The second kappa shape index (κ2) is 10.3. The van der Waals surface area contributed by atoms with Gasteiger partial charge in [0, 0.05) is 34.3 Å². The first-order chi connectivity index (χ1) is 19.8. The molecule has 0 spiro atoms. The van der Waals surface area contributed by atoms with Crippen molar-refractivity contribution in [2.24, 2.45) is 0 Å². The number of hydrogen-bond acceptors (Lipinski definition) is 3. The molecule has 5 aromatic carbocycles. The molecule has 0 N–H and O–H groups in total. The molecule has 0 bridgehead atoms. The summed E-state index contributed by atoms with van der Waals surface area (Å²) in [5.74, 6) is 2.03. The van der Waals surface area contributed by atoms with Crippen LogP contribution in [0.4, 0.5) is 0 Å². The van der Waals surface area contributed by atoms with Crippen molar-refractivity contribution in [3.63, 3.8) is 0 Å². The third-order valence-electron chi connectivity index (χ3n) is 7.29. The Morgan fingerprint density at radius 2 is 1.37 bits per heavy atom. The molecule has 4 nitrogen and oxygen atoms in total. The van der Waals surface area contributed by atoms with Crippen LogP contribution in [-0.4, -0.2) is 14.5 Å². The number of ether oxygens (including phenoxy) is 1. The molecule has 0 aliphatic heterocycles. The number of rotatable bonds is 4. The zero-order valence-electron chi connectivity index (χ0n) is 21.7. The van der Waals surface area contributed by atoms with Crippen molar-refractivity contribution in [3.05, 3.63) is 140 Å². The number of para-hydroxylation sites is 2. The van der Waals surface area contributed by atoms with Crippen LogP contribution >= 0.6 is 0 Å². The smallest absolute Gasteiger partial charge is 0.460 e. The molecule has 41 heavy (non-hydrogen) atoms. The van der Waals surface area contributed by atoms with Gasteiger partial charge in [-0.3, -0.25) is 0 Å². The van der Waals surface area contributed by atoms with E-state index in [2.05, 4.69) is 82.3 Å². The third-order valence-corrected chi connectivity index (χ3v) is 7.29. The van der Waals surface area contributed by atoms with E-state index >= 15 is 0 Å². The molecule has 0 amide bonds. The Kier molecular flexibility index (Phi) is 6.34. The fourth-order valence-electron chi connectivity index (χ4n) is 5.43. The van der Waals surface area contributed by atoms with Crippen molar-refractivity contribution in [1.29, 1.82) is 0 Å². The summed E-state index contributed by atoms with van der Waals surface area (Å²) in [5, 5.41) is 5.61. The normalized spacial score (nSPS) is 11.2. The zero-order valence-corrected chi connectivity index (χ0v) is 24.0. The van der Waals surface area contributed by atoms with Crippen molar-refractivity contribution in [2.45, 2.75) is 0 Å². The Balaban J connectivity index is 0.00000276.